The van der Waals surface area contributed by atoms with Crippen LogP contribution in [-0.4, -0.2) is 49.0 Å². The van der Waals surface area contributed by atoms with Crippen LogP contribution in [0.4, 0.5) is 0 Å². The molecule has 3 heterocycles. The predicted octanol–water partition coefficient (Wildman–Crippen LogP) is 1.90. The fraction of sp³-hybridized carbons (Fsp3) is 0.417. The molecule has 1 saturated heterocycles. The Morgan fingerprint density at radius 2 is 2.00 bits per heavy atom. The first-order valence-corrected chi connectivity index (χ1v) is 9.06. The zero-order chi connectivity index (χ0) is 14.9. The van der Waals surface area contributed by atoms with E-state index in [4.69, 9.17) is 16.1 Å². The number of sulfonamides is 1. The van der Waals surface area contributed by atoms with Crippen molar-refractivity contribution in [2.24, 2.45) is 0 Å². The molecule has 2 aromatic rings. The second-order valence-corrected chi connectivity index (χ2v) is 8.61. The fourth-order valence-electron chi connectivity index (χ4n) is 2.24. The largest absolute Gasteiger partial charge is 0.364 e. The maximum Gasteiger partial charge on any atom is 0.252 e. The second-order valence-electron chi connectivity index (χ2n) is 4.73. The van der Waals surface area contributed by atoms with Crippen LogP contribution in [0.1, 0.15) is 5.69 Å². The van der Waals surface area contributed by atoms with Gasteiger partial charge < -0.3 is 4.52 Å². The third kappa shape index (κ3) is 3.29. The Labute approximate surface area is 131 Å². The van der Waals surface area contributed by atoms with Crippen molar-refractivity contribution in [2.75, 3.05) is 26.2 Å². The summed E-state index contributed by atoms with van der Waals surface area (Å²) in [5.74, 6) is 0. The lowest BCUT2D eigenvalue weighted by Crippen LogP contribution is -2.48. The van der Waals surface area contributed by atoms with Crippen molar-refractivity contribution in [1.29, 1.82) is 0 Å². The van der Waals surface area contributed by atoms with E-state index in [1.807, 2.05) is 6.07 Å². The van der Waals surface area contributed by atoms with E-state index in [-0.39, 0.29) is 0 Å². The van der Waals surface area contributed by atoms with E-state index < -0.39 is 10.0 Å². The summed E-state index contributed by atoms with van der Waals surface area (Å²) in [6, 6.07) is 4.99. The molecule has 114 valence electrons. The number of piperazine rings is 1. The molecule has 0 amide bonds. The predicted molar refractivity (Wildman–Crippen MR) is 79.9 cm³/mol. The van der Waals surface area contributed by atoms with E-state index in [2.05, 4.69) is 10.1 Å². The monoisotopic (exact) mass is 347 g/mol. The number of thiophene rings is 1. The minimum absolute atomic E-state index is 0.303. The zero-order valence-electron chi connectivity index (χ0n) is 11.1. The molecule has 0 radical (unpaired) electrons. The zero-order valence-corrected chi connectivity index (χ0v) is 13.5. The van der Waals surface area contributed by atoms with Crippen LogP contribution in [0, 0.1) is 0 Å². The third-order valence-electron chi connectivity index (χ3n) is 3.35. The molecule has 0 saturated carbocycles. The smallest absolute Gasteiger partial charge is 0.252 e. The van der Waals surface area contributed by atoms with Crippen LogP contribution >= 0.6 is 22.9 Å². The topological polar surface area (TPSA) is 66.7 Å². The van der Waals surface area contributed by atoms with Crippen LogP contribution in [0.2, 0.25) is 4.34 Å². The van der Waals surface area contributed by atoms with E-state index in [9.17, 15) is 8.42 Å². The Hall–Kier alpha value is -0.930. The van der Waals surface area contributed by atoms with E-state index in [1.165, 1.54) is 10.6 Å². The van der Waals surface area contributed by atoms with Crippen molar-refractivity contribution in [2.45, 2.75) is 10.8 Å². The van der Waals surface area contributed by atoms with E-state index in [0.29, 0.717) is 41.3 Å². The molecular formula is C12H14ClN3O3S2. The molecule has 1 fully saturated rings. The van der Waals surface area contributed by atoms with Gasteiger partial charge in [0.25, 0.3) is 10.0 Å². The van der Waals surface area contributed by atoms with Gasteiger partial charge in [0, 0.05) is 38.8 Å². The molecule has 21 heavy (non-hydrogen) atoms. The maximum atomic E-state index is 12.5. The first-order valence-electron chi connectivity index (χ1n) is 6.43. The molecule has 0 atom stereocenters. The molecule has 0 aliphatic carbocycles. The van der Waals surface area contributed by atoms with Gasteiger partial charge in [-0.2, -0.15) is 4.31 Å². The summed E-state index contributed by atoms with van der Waals surface area (Å²) in [6.07, 6.45) is 1.54. The van der Waals surface area contributed by atoms with Crippen molar-refractivity contribution in [3.63, 3.8) is 0 Å². The van der Waals surface area contributed by atoms with Gasteiger partial charge in [0.15, 0.2) is 0 Å². The molecule has 3 rings (SSSR count). The first kappa shape index (κ1) is 15.0. The van der Waals surface area contributed by atoms with Crippen LogP contribution in [0.15, 0.2) is 33.2 Å². The van der Waals surface area contributed by atoms with Crippen LogP contribution in [0.3, 0.4) is 0 Å². The molecule has 2 aromatic heterocycles. The van der Waals surface area contributed by atoms with Gasteiger partial charge >= 0.3 is 0 Å². The minimum atomic E-state index is -3.42. The highest BCUT2D eigenvalue weighted by molar-refractivity contribution is 7.91. The summed E-state index contributed by atoms with van der Waals surface area (Å²) < 4.78 is 32.0. The summed E-state index contributed by atoms with van der Waals surface area (Å²) in [7, 11) is -3.42. The minimum Gasteiger partial charge on any atom is -0.364 e. The molecule has 0 unspecified atom stereocenters. The number of aromatic nitrogens is 1. The number of hydrogen-bond donors (Lipinski definition) is 0. The Balaban J connectivity index is 1.63. The van der Waals surface area contributed by atoms with Crippen LogP contribution in [0.5, 0.6) is 0 Å². The second kappa shape index (κ2) is 6.05. The van der Waals surface area contributed by atoms with Gasteiger partial charge in [0.1, 0.15) is 10.5 Å². The van der Waals surface area contributed by atoms with Crippen LogP contribution in [-0.2, 0) is 16.6 Å². The molecule has 6 nitrogen and oxygen atoms in total. The van der Waals surface area contributed by atoms with Crippen molar-refractivity contribution in [3.05, 3.63) is 34.5 Å². The Kier molecular flexibility index (Phi) is 4.32. The van der Waals surface area contributed by atoms with Crippen LogP contribution < -0.4 is 0 Å². The number of rotatable bonds is 4. The summed E-state index contributed by atoms with van der Waals surface area (Å²) in [4.78, 5) is 2.16. The van der Waals surface area contributed by atoms with E-state index in [1.54, 1.807) is 12.1 Å². The standard InChI is InChI=1S/C12H14ClN3O3S2/c13-11-1-2-12(20-11)21(17,18)16-6-4-15(5-7-16)9-10-3-8-19-14-10/h1-3,8H,4-7,9H2. The lowest BCUT2D eigenvalue weighted by atomic mass is 10.3. The van der Waals surface area contributed by atoms with E-state index >= 15 is 0 Å². The van der Waals surface area contributed by atoms with E-state index in [0.717, 1.165) is 17.0 Å². The average Bonchev–Trinajstić information content (AvgIpc) is 3.11. The summed E-state index contributed by atoms with van der Waals surface area (Å²) >= 11 is 6.91. The maximum absolute atomic E-state index is 12.5. The number of hydrogen-bond acceptors (Lipinski definition) is 6. The lowest BCUT2D eigenvalue weighted by Gasteiger charge is -2.33. The average molecular weight is 348 g/mol. The fourth-order valence-corrected chi connectivity index (χ4v) is 5.30. The van der Waals surface area contributed by atoms with Crippen molar-refractivity contribution >= 4 is 33.0 Å². The van der Waals surface area contributed by atoms with Crippen molar-refractivity contribution in [1.82, 2.24) is 14.4 Å². The highest BCUT2D eigenvalue weighted by Crippen LogP contribution is 2.28. The Morgan fingerprint density at radius 3 is 2.57 bits per heavy atom. The summed E-state index contributed by atoms with van der Waals surface area (Å²) in [5.41, 5.74) is 0.858. The van der Waals surface area contributed by atoms with Gasteiger partial charge in [0.05, 0.1) is 10.0 Å². The molecule has 0 bridgehead atoms. The molecule has 1 aliphatic rings. The quantitative estimate of drug-likeness (QED) is 0.845. The van der Waals surface area contributed by atoms with Gasteiger partial charge in [-0.3, -0.25) is 4.90 Å². The van der Waals surface area contributed by atoms with Gasteiger partial charge in [-0.1, -0.05) is 16.8 Å². The normalized spacial score (nSPS) is 18.1. The van der Waals surface area contributed by atoms with Gasteiger partial charge in [-0.05, 0) is 12.1 Å². The summed E-state index contributed by atoms with van der Waals surface area (Å²) in [6.45, 7) is 2.96. The third-order valence-corrected chi connectivity index (χ3v) is 6.95. The molecule has 0 N–H and O–H groups in total. The molecular weight excluding hydrogens is 334 g/mol. The Bertz CT molecular complexity index is 691. The SMILES string of the molecule is O=S(=O)(c1ccc(Cl)s1)N1CCN(Cc2ccon2)CC1. The number of halogens is 1. The molecule has 1 aliphatic heterocycles. The van der Waals surface area contributed by atoms with Crippen LogP contribution in [0.25, 0.3) is 0 Å². The highest BCUT2D eigenvalue weighted by atomic mass is 35.5. The lowest BCUT2D eigenvalue weighted by molar-refractivity contribution is 0.178. The van der Waals surface area contributed by atoms with Crippen molar-refractivity contribution in [3.8, 4) is 0 Å². The van der Waals surface area contributed by atoms with Gasteiger partial charge in [0.2, 0.25) is 0 Å². The molecule has 0 aromatic carbocycles. The number of nitrogens with zero attached hydrogens (tertiary/aromatic N) is 3. The van der Waals surface area contributed by atoms with Gasteiger partial charge in [-0.25, -0.2) is 8.42 Å². The summed E-state index contributed by atoms with van der Waals surface area (Å²) in [5, 5.41) is 3.87. The highest BCUT2D eigenvalue weighted by Gasteiger charge is 2.29. The molecule has 0 spiro atoms. The Morgan fingerprint density at radius 1 is 1.24 bits per heavy atom. The van der Waals surface area contributed by atoms with Gasteiger partial charge in [-0.15, -0.1) is 11.3 Å². The van der Waals surface area contributed by atoms with Crippen molar-refractivity contribution < 1.29 is 12.9 Å². The first-order chi connectivity index (χ1) is 10.1. The molecule has 9 heteroatoms.